The number of benzene rings is 1. The fraction of sp³-hybridized carbons (Fsp3) is 0.143. The van der Waals surface area contributed by atoms with Gasteiger partial charge in [0.25, 0.3) is 0 Å². The lowest BCUT2D eigenvalue weighted by atomic mass is 10.0. The van der Waals surface area contributed by atoms with E-state index in [0.29, 0.717) is 18.0 Å². The van der Waals surface area contributed by atoms with Crippen LogP contribution in [-0.4, -0.2) is 12.3 Å². The summed E-state index contributed by atoms with van der Waals surface area (Å²) < 4.78 is 5.33. The minimum absolute atomic E-state index is 0.253. The number of nitriles is 1. The van der Waals surface area contributed by atoms with Crippen LogP contribution in [0, 0.1) is 17.2 Å². The van der Waals surface area contributed by atoms with Gasteiger partial charge in [-0.05, 0) is 24.3 Å². The Bertz CT molecular complexity index is 596. The topological polar surface area (TPSA) is 52.5 Å². The number of hydrogen-bond acceptors (Lipinski definition) is 4. The van der Waals surface area contributed by atoms with E-state index in [4.69, 9.17) is 4.42 Å². The number of anilines is 1. The van der Waals surface area contributed by atoms with Crippen LogP contribution in [0.3, 0.4) is 0 Å². The molecule has 4 nitrogen and oxygen atoms in total. The van der Waals surface area contributed by atoms with Crippen molar-refractivity contribution < 1.29 is 4.42 Å². The number of nitrogens with zero attached hydrogens (tertiary/aromatic N) is 3. The van der Waals surface area contributed by atoms with E-state index in [1.54, 1.807) is 12.3 Å². The minimum atomic E-state index is -0.253. The first-order chi connectivity index (χ1) is 8.88. The molecule has 2 aromatic rings. The van der Waals surface area contributed by atoms with Crippen LogP contribution in [0.2, 0.25) is 0 Å². The molecule has 0 aliphatic carbocycles. The third-order valence-corrected chi connectivity index (χ3v) is 2.90. The summed E-state index contributed by atoms with van der Waals surface area (Å²) in [4.78, 5) is 0. The molecule has 0 N–H and O–H groups in total. The maximum atomic E-state index is 9.20. The van der Waals surface area contributed by atoms with Crippen LogP contribution < -0.4 is 5.01 Å². The van der Waals surface area contributed by atoms with Crippen molar-refractivity contribution in [1.29, 1.82) is 5.26 Å². The molecule has 1 atom stereocenters. The van der Waals surface area contributed by atoms with Crippen molar-refractivity contribution in [2.75, 3.05) is 11.6 Å². The Morgan fingerprint density at radius 2 is 2.06 bits per heavy atom. The van der Waals surface area contributed by atoms with Gasteiger partial charge in [-0.3, -0.25) is 5.01 Å². The second-order valence-electron chi connectivity index (χ2n) is 4.06. The standard InChI is InChI=1S/C14H11N3O/c15-9-11-10-17(12-5-2-1-3-6-12)16-14(11)13-7-4-8-18-13/h1-8,11H,10H2. The lowest BCUT2D eigenvalue weighted by Gasteiger charge is -2.13. The first-order valence-electron chi connectivity index (χ1n) is 5.73. The van der Waals surface area contributed by atoms with E-state index >= 15 is 0 Å². The second-order valence-corrected chi connectivity index (χ2v) is 4.06. The van der Waals surface area contributed by atoms with E-state index in [1.807, 2.05) is 41.4 Å². The molecule has 1 aromatic heterocycles. The Labute approximate surface area is 105 Å². The van der Waals surface area contributed by atoms with E-state index in [2.05, 4.69) is 11.2 Å². The molecule has 2 heterocycles. The molecule has 0 radical (unpaired) electrons. The van der Waals surface area contributed by atoms with Crippen LogP contribution in [0.4, 0.5) is 5.69 Å². The van der Waals surface area contributed by atoms with Crippen LogP contribution in [0.5, 0.6) is 0 Å². The first-order valence-corrected chi connectivity index (χ1v) is 5.73. The third-order valence-electron chi connectivity index (χ3n) is 2.90. The lowest BCUT2D eigenvalue weighted by molar-refractivity contribution is 0.555. The molecule has 1 aliphatic rings. The van der Waals surface area contributed by atoms with Gasteiger partial charge in [0.15, 0.2) is 5.76 Å². The molecule has 0 bridgehead atoms. The van der Waals surface area contributed by atoms with Gasteiger partial charge in [0.2, 0.25) is 0 Å². The number of hydrazone groups is 1. The average molecular weight is 237 g/mol. The van der Waals surface area contributed by atoms with Crippen LogP contribution in [0.1, 0.15) is 5.76 Å². The third kappa shape index (κ3) is 1.76. The maximum Gasteiger partial charge on any atom is 0.151 e. The highest BCUT2D eigenvalue weighted by molar-refractivity contribution is 6.03. The van der Waals surface area contributed by atoms with Gasteiger partial charge in [0.1, 0.15) is 11.6 Å². The molecule has 0 fully saturated rings. The van der Waals surface area contributed by atoms with Crippen molar-refractivity contribution in [3.8, 4) is 6.07 Å². The summed E-state index contributed by atoms with van der Waals surface area (Å²) in [6, 6.07) is 15.7. The van der Waals surface area contributed by atoms with Crippen molar-refractivity contribution in [1.82, 2.24) is 0 Å². The van der Waals surface area contributed by atoms with Gasteiger partial charge < -0.3 is 4.42 Å². The molecule has 0 spiro atoms. The molecular formula is C14H11N3O. The Hall–Kier alpha value is -2.54. The summed E-state index contributed by atoms with van der Waals surface area (Å²) in [5.74, 6) is 0.413. The summed E-state index contributed by atoms with van der Waals surface area (Å²) >= 11 is 0. The average Bonchev–Trinajstić information content (AvgIpc) is 3.08. The van der Waals surface area contributed by atoms with Crippen LogP contribution >= 0.6 is 0 Å². The SMILES string of the molecule is N#CC1CN(c2ccccc2)N=C1c1ccco1. The minimum Gasteiger partial charge on any atom is -0.463 e. The fourth-order valence-electron chi connectivity index (χ4n) is 2.01. The van der Waals surface area contributed by atoms with Gasteiger partial charge >= 0.3 is 0 Å². The molecule has 3 rings (SSSR count). The largest absolute Gasteiger partial charge is 0.463 e. The van der Waals surface area contributed by atoms with E-state index in [0.717, 1.165) is 5.69 Å². The number of para-hydroxylation sites is 1. The molecule has 88 valence electrons. The zero-order valence-corrected chi connectivity index (χ0v) is 9.65. The van der Waals surface area contributed by atoms with Gasteiger partial charge in [-0.15, -0.1) is 0 Å². The summed E-state index contributed by atoms with van der Waals surface area (Å²) in [7, 11) is 0. The van der Waals surface area contributed by atoms with Crippen LogP contribution in [0.15, 0.2) is 58.2 Å². The number of furan rings is 1. The van der Waals surface area contributed by atoms with E-state index in [1.165, 1.54) is 0 Å². The van der Waals surface area contributed by atoms with Gasteiger partial charge in [-0.25, -0.2) is 0 Å². The Kier molecular flexibility index (Phi) is 2.58. The van der Waals surface area contributed by atoms with Gasteiger partial charge in [-0.1, -0.05) is 18.2 Å². The molecule has 1 aromatic carbocycles. The normalized spacial score (nSPS) is 18.5. The quantitative estimate of drug-likeness (QED) is 0.806. The van der Waals surface area contributed by atoms with Crippen molar-refractivity contribution in [3.63, 3.8) is 0 Å². The van der Waals surface area contributed by atoms with Crippen LogP contribution in [-0.2, 0) is 0 Å². The Morgan fingerprint density at radius 3 is 2.72 bits per heavy atom. The maximum absolute atomic E-state index is 9.20. The molecule has 0 saturated carbocycles. The van der Waals surface area contributed by atoms with E-state index in [9.17, 15) is 5.26 Å². The number of hydrogen-bond donors (Lipinski definition) is 0. The number of rotatable bonds is 2. The smallest absolute Gasteiger partial charge is 0.151 e. The monoisotopic (exact) mass is 237 g/mol. The highest BCUT2D eigenvalue weighted by atomic mass is 16.3. The predicted octanol–water partition coefficient (Wildman–Crippen LogP) is 2.64. The van der Waals surface area contributed by atoms with E-state index < -0.39 is 0 Å². The van der Waals surface area contributed by atoms with Gasteiger partial charge in [0, 0.05) is 0 Å². The van der Waals surface area contributed by atoms with Crippen molar-refractivity contribution >= 4 is 11.4 Å². The highest BCUT2D eigenvalue weighted by Gasteiger charge is 2.29. The highest BCUT2D eigenvalue weighted by Crippen LogP contribution is 2.24. The van der Waals surface area contributed by atoms with Crippen molar-refractivity contribution in [2.45, 2.75) is 0 Å². The fourth-order valence-corrected chi connectivity index (χ4v) is 2.01. The first kappa shape index (κ1) is 10.6. The molecular weight excluding hydrogens is 226 g/mol. The molecule has 0 saturated heterocycles. The molecule has 4 heteroatoms. The lowest BCUT2D eigenvalue weighted by Crippen LogP contribution is -2.18. The van der Waals surface area contributed by atoms with Gasteiger partial charge in [0.05, 0.1) is 24.6 Å². The zero-order chi connectivity index (χ0) is 12.4. The molecule has 18 heavy (non-hydrogen) atoms. The Morgan fingerprint density at radius 1 is 1.22 bits per heavy atom. The van der Waals surface area contributed by atoms with E-state index in [-0.39, 0.29) is 5.92 Å². The zero-order valence-electron chi connectivity index (χ0n) is 9.65. The second kappa shape index (κ2) is 4.38. The van der Waals surface area contributed by atoms with Crippen LogP contribution in [0.25, 0.3) is 0 Å². The summed E-state index contributed by atoms with van der Waals surface area (Å²) in [6.45, 7) is 0.566. The summed E-state index contributed by atoms with van der Waals surface area (Å²) in [6.07, 6.45) is 1.59. The predicted molar refractivity (Wildman–Crippen MR) is 68.1 cm³/mol. The summed E-state index contributed by atoms with van der Waals surface area (Å²) in [5, 5.41) is 15.5. The molecule has 1 unspecified atom stereocenters. The van der Waals surface area contributed by atoms with Gasteiger partial charge in [-0.2, -0.15) is 10.4 Å². The molecule has 1 aliphatic heterocycles. The molecule has 0 amide bonds. The van der Waals surface area contributed by atoms with Crippen molar-refractivity contribution in [2.24, 2.45) is 11.0 Å². The summed E-state index contributed by atoms with van der Waals surface area (Å²) in [5.41, 5.74) is 1.69. The van der Waals surface area contributed by atoms with Crippen molar-refractivity contribution in [3.05, 3.63) is 54.5 Å². The Balaban J connectivity index is 1.96.